The van der Waals surface area contributed by atoms with Crippen LogP contribution in [0.15, 0.2) is 24.3 Å². The van der Waals surface area contributed by atoms with Crippen molar-refractivity contribution in [2.24, 2.45) is 0 Å². The summed E-state index contributed by atoms with van der Waals surface area (Å²) >= 11 is 0. The van der Waals surface area contributed by atoms with E-state index >= 15 is 0 Å². The summed E-state index contributed by atoms with van der Waals surface area (Å²) in [4.78, 5) is 2.14. The molecule has 1 aromatic carbocycles. The summed E-state index contributed by atoms with van der Waals surface area (Å²) in [7, 11) is 2.05. The van der Waals surface area contributed by atoms with E-state index in [-0.39, 0.29) is 6.41 Å². The Balaban J connectivity index is 1.97. The van der Waals surface area contributed by atoms with E-state index in [1.165, 1.54) is 11.3 Å². The predicted molar refractivity (Wildman–Crippen MR) is 77.3 cm³/mol. The van der Waals surface area contributed by atoms with Gasteiger partial charge in [-0.2, -0.15) is 0 Å². The number of hydrogen-bond donors (Lipinski definition) is 1. The number of ether oxygens (including phenoxy) is 2. The lowest BCUT2D eigenvalue weighted by Gasteiger charge is -2.29. The molecule has 0 aliphatic carbocycles. The van der Waals surface area contributed by atoms with Crippen molar-refractivity contribution in [3.05, 3.63) is 29.8 Å². The molecule has 4 heteroatoms. The van der Waals surface area contributed by atoms with Crippen molar-refractivity contribution in [3.63, 3.8) is 0 Å². The molecule has 1 aliphatic heterocycles. The maximum Gasteiger partial charge on any atom is 0.218 e. The molecule has 1 aromatic rings. The number of nitrogens with one attached hydrogen (secondary N) is 1. The zero-order valence-electron chi connectivity index (χ0n) is 12.1. The molecule has 0 fully saturated rings. The Morgan fingerprint density at radius 1 is 1.26 bits per heavy atom. The Morgan fingerprint density at radius 3 is 2.63 bits per heavy atom. The van der Waals surface area contributed by atoms with Crippen LogP contribution in [0.5, 0.6) is 0 Å². The van der Waals surface area contributed by atoms with Crippen molar-refractivity contribution >= 4 is 5.69 Å². The Morgan fingerprint density at radius 2 is 1.95 bits per heavy atom. The van der Waals surface area contributed by atoms with E-state index in [9.17, 15) is 0 Å². The van der Waals surface area contributed by atoms with Gasteiger partial charge in [-0.3, -0.25) is 4.90 Å². The highest BCUT2D eigenvalue weighted by atomic mass is 16.7. The van der Waals surface area contributed by atoms with Gasteiger partial charge in [-0.1, -0.05) is 18.2 Å². The predicted octanol–water partition coefficient (Wildman–Crippen LogP) is 2.48. The highest BCUT2D eigenvalue weighted by Crippen LogP contribution is 2.31. The molecule has 106 valence electrons. The number of likely N-dealkylation sites (N-methyl/N-ethyl adjacent to an activating group) is 1. The van der Waals surface area contributed by atoms with Gasteiger partial charge in [-0.05, 0) is 32.5 Å². The smallest absolute Gasteiger partial charge is 0.218 e. The molecule has 0 radical (unpaired) electrons. The summed E-state index contributed by atoms with van der Waals surface area (Å²) in [5.41, 5.74) is 2.64. The van der Waals surface area contributed by atoms with Crippen LogP contribution in [0, 0.1) is 0 Å². The first kappa shape index (κ1) is 14.3. The van der Waals surface area contributed by atoms with Crippen molar-refractivity contribution < 1.29 is 9.47 Å². The summed E-state index contributed by atoms with van der Waals surface area (Å²) < 4.78 is 11.3. The van der Waals surface area contributed by atoms with E-state index in [0.717, 1.165) is 13.1 Å². The maximum atomic E-state index is 5.63. The van der Waals surface area contributed by atoms with Gasteiger partial charge in [0.2, 0.25) is 6.41 Å². The zero-order chi connectivity index (χ0) is 13.7. The largest absolute Gasteiger partial charge is 0.384 e. The highest BCUT2D eigenvalue weighted by molar-refractivity contribution is 5.57. The molecule has 0 saturated heterocycles. The Labute approximate surface area is 115 Å². The maximum absolute atomic E-state index is 5.63. The average Bonchev–Trinajstić information content (AvgIpc) is 2.82. The molecule has 0 aromatic heterocycles. The van der Waals surface area contributed by atoms with Gasteiger partial charge in [0.1, 0.15) is 0 Å². The van der Waals surface area contributed by atoms with E-state index in [2.05, 4.69) is 41.5 Å². The number of nitrogens with zero attached hydrogens (tertiary/aromatic N) is 1. The van der Waals surface area contributed by atoms with Gasteiger partial charge in [-0.15, -0.1) is 0 Å². The summed E-state index contributed by atoms with van der Waals surface area (Å²) in [6, 6.07) is 8.50. The standard InChI is InChI=1S/C15H24N2O2/c1-4-18-15(19-5-2)17(3)11-12-10-16-14-9-7-6-8-13(12)14/h6-9,12,15-16H,4-5,10-11H2,1-3H3. The molecule has 1 N–H and O–H groups in total. The molecule has 1 unspecified atom stereocenters. The molecule has 1 heterocycles. The van der Waals surface area contributed by atoms with Gasteiger partial charge in [-0.25, -0.2) is 0 Å². The van der Waals surface area contributed by atoms with E-state index in [1.54, 1.807) is 0 Å². The second-order valence-corrected chi connectivity index (χ2v) is 4.82. The first-order chi connectivity index (χ1) is 9.26. The molecule has 0 bridgehead atoms. The van der Waals surface area contributed by atoms with E-state index in [0.29, 0.717) is 19.1 Å². The van der Waals surface area contributed by atoms with Crippen LogP contribution in [-0.2, 0) is 9.47 Å². The number of benzene rings is 1. The molecule has 19 heavy (non-hydrogen) atoms. The SMILES string of the molecule is CCOC(OCC)N(C)CC1CNc2ccccc21. The first-order valence-electron chi connectivity index (χ1n) is 7.02. The van der Waals surface area contributed by atoms with E-state index in [4.69, 9.17) is 9.47 Å². The molecule has 4 nitrogen and oxygen atoms in total. The molecular weight excluding hydrogens is 240 g/mol. The fraction of sp³-hybridized carbons (Fsp3) is 0.600. The lowest BCUT2D eigenvalue weighted by Crippen LogP contribution is -2.39. The second kappa shape index (κ2) is 6.89. The molecule has 1 atom stereocenters. The summed E-state index contributed by atoms with van der Waals surface area (Å²) in [6.45, 7) is 7.21. The quantitative estimate of drug-likeness (QED) is 0.767. The van der Waals surface area contributed by atoms with E-state index < -0.39 is 0 Å². The lowest BCUT2D eigenvalue weighted by atomic mass is 10.0. The lowest BCUT2D eigenvalue weighted by molar-refractivity contribution is -0.213. The van der Waals surface area contributed by atoms with Gasteiger partial charge in [0.15, 0.2) is 0 Å². The van der Waals surface area contributed by atoms with Crippen LogP contribution >= 0.6 is 0 Å². The number of rotatable bonds is 7. The molecule has 0 amide bonds. The summed E-state index contributed by atoms with van der Waals surface area (Å²) in [6.07, 6.45) is -0.247. The van der Waals surface area contributed by atoms with Gasteiger partial charge in [0.05, 0.1) is 0 Å². The van der Waals surface area contributed by atoms with Crippen LogP contribution in [-0.4, -0.2) is 44.7 Å². The minimum absolute atomic E-state index is 0.247. The number of hydrogen-bond acceptors (Lipinski definition) is 4. The highest BCUT2D eigenvalue weighted by Gasteiger charge is 2.25. The van der Waals surface area contributed by atoms with Crippen molar-refractivity contribution in [3.8, 4) is 0 Å². The number of anilines is 1. The van der Waals surface area contributed by atoms with Crippen molar-refractivity contribution in [2.45, 2.75) is 26.2 Å². The number of para-hydroxylation sites is 1. The first-order valence-corrected chi connectivity index (χ1v) is 7.02. The van der Waals surface area contributed by atoms with Crippen LogP contribution in [0.2, 0.25) is 0 Å². The fourth-order valence-electron chi connectivity index (χ4n) is 2.54. The minimum atomic E-state index is -0.247. The van der Waals surface area contributed by atoms with Crippen LogP contribution in [0.25, 0.3) is 0 Å². The summed E-state index contributed by atoms with van der Waals surface area (Å²) in [5.74, 6) is 0.490. The van der Waals surface area contributed by atoms with Crippen molar-refractivity contribution in [1.29, 1.82) is 0 Å². The van der Waals surface area contributed by atoms with E-state index in [1.807, 2.05) is 13.8 Å². The third-order valence-electron chi connectivity index (χ3n) is 3.43. The Kier molecular flexibility index (Phi) is 5.19. The second-order valence-electron chi connectivity index (χ2n) is 4.82. The van der Waals surface area contributed by atoms with Crippen molar-refractivity contribution in [2.75, 3.05) is 38.7 Å². The van der Waals surface area contributed by atoms with Crippen LogP contribution < -0.4 is 5.32 Å². The number of fused-ring (bicyclic) bond motifs is 1. The van der Waals surface area contributed by atoms with Gasteiger partial charge in [0, 0.05) is 37.9 Å². The Bertz CT molecular complexity index is 391. The topological polar surface area (TPSA) is 33.7 Å². The fourth-order valence-corrected chi connectivity index (χ4v) is 2.54. The monoisotopic (exact) mass is 264 g/mol. The third-order valence-corrected chi connectivity index (χ3v) is 3.43. The Hall–Kier alpha value is -1.10. The van der Waals surface area contributed by atoms with Crippen LogP contribution in [0.3, 0.4) is 0 Å². The van der Waals surface area contributed by atoms with Gasteiger partial charge in [0.25, 0.3) is 0 Å². The molecule has 0 saturated carbocycles. The van der Waals surface area contributed by atoms with Crippen LogP contribution in [0.1, 0.15) is 25.3 Å². The average molecular weight is 264 g/mol. The molecular formula is C15H24N2O2. The zero-order valence-corrected chi connectivity index (χ0v) is 12.1. The van der Waals surface area contributed by atoms with Gasteiger partial charge >= 0.3 is 0 Å². The minimum Gasteiger partial charge on any atom is -0.384 e. The van der Waals surface area contributed by atoms with Crippen molar-refractivity contribution in [1.82, 2.24) is 4.90 Å². The van der Waals surface area contributed by atoms with Crippen LogP contribution in [0.4, 0.5) is 5.69 Å². The molecule has 0 spiro atoms. The third kappa shape index (κ3) is 3.47. The van der Waals surface area contributed by atoms with Gasteiger partial charge < -0.3 is 14.8 Å². The molecule has 1 aliphatic rings. The molecule has 2 rings (SSSR count). The summed E-state index contributed by atoms with van der Waals surface area (Å²) in [5, 5.41) is 3.45. The normalized spacial score (nSPS) is 17.8.